The van der Waals surface area contributed by atoms with Crippen LogP contribution in [-0.4, -0.2) is 45.8 Å². The Kier molecular flexibility index (Phi) is 5.41. The first kappa shape index (κ1) is 18.1. The van der Waals surface area contributed by atoms with Crippen LogP contribution < -0.4 is 10.1 Å². The monoisotopic (exact) mass is 367 g/mol. The highest BCUT2D eigenvalue weighted by Gasteiger charge is 2.11. The summed E-state index contributed by atoms with van der Waals surface area (Å²) in [6.45, 7) is 1.65. The predicted molar refractivity (Wildman–Crippen MR) is 95.8 cm³/mol. The fourth-order valence-corrected chi connectivity index (χ4v) is 2.31. The van der Waals surface area contributed by atoms with Crippen LogP contribution in [-0.2, 0) is 9.53 Å². The number of ether oxygens (including phenoxy) is 2. The molecule has 9 nitrogen and oxygen atoms in total. The van der Waals surface area contributed by atoms with Gasteiger partial charge in [0.25, 0.3) is 5.91 Å². The molecule has 0 unspecified atom stereocenters. The van der Waals surface area contributed by atoms with Gasteiger partial charge in [0.15, 0.2) is 6.61 Å². The predicted octanol–water partition coefficient (Wildman–Crippen LogP) is 1.77. The van der Waals surface area contributed by atoms with E-state index < -0.39 is 5.97 Å². The summed E-state index contributed by atoms with van der Waals surface area (Å²) < 4.78 is 11.7. The van der Waals surface area contributed by atoms with Gasteiger partial charge in [0.05, 0.1) is 18.4 Å². The van der Waals surface area contributed by atoms with E-state index in [1.54, 1.807) is 42.5 Å². The molecule has 0 fully saturated rings. The number of aryl methyl sites for hydroxylation is 1. The van der Waals surface area contributed by atoms with Crippen LogP contribution in [0.5, 0.6) is 5.75 Å². The maximum absolute atomic E-state index is 12.2. The van der Waals surface area contributed by atoms with Crippen molar-refractivity contribution in [3.63, 3.8) is 0 Å². The molecule has 27 heavy (non-hydrogen) atoms. The van der Waals surface area contributed by atoms with Crippen molar-refractivity contribution in [2.75, 3.05) is 19.0 Å². The molecule has 1 aromatic heterocycles. The third-order valence-electron chi connectivity index (χ3n) is 3.75. The number of hydrogen-bond donors (Lipinski definition) is 1. The molecule has 0 aliphatic carbocycles. The van der Waals surface area contributed by atoms with Gasteiger partial charge >= 0.3 is 5.97 Å². The summed E-state index contributed by atoms with van der Waals surface area (Å²) in [4.78, 5) is 23.8. The van der Waals surface area contributed by atoms with Crippen molar-refractivity contribution in [3.05, 3.63) is 59.9 Å². The van der Waals surface area contributed by atoms with Gasteiger partial charge in [-0.2, -0.15) is 0 Å². The van der Waals surface area contributed by atoms with Crippen LogP contribution in [0.3, 0.4) is 0 Å². The maximum atomic E-state index is 12.2. The Morgan fingerprint density at radius 2 is 1.93 bits per heavy atom. The highest BCUT2D eigenvalue weighted by molar-refractivity contribution is 5.95. The van der Waals surface area contributed by atoms with Gasteiger partial charge in [-0.25, -0.2) is 9.48 Å². The molecule has 9 heteroatoms. The number of carbonyl (C=O) groups is 2. The summed E-state index contributed by atoms with van der Waals surface area (Å²) in [6.07, 6.45) is 1.48. The average molecular weight is 367 g/mol. The second kappa shape index (κ2) is 8.09. The lowest BCUT2D eigenvalue weighted by Crippen LogP contribution is -2.21. The third kappa shape index (κ3) is 4.46. The first-order valence-corrected chi connectivity index (χ1v) is 8.02. The molecule has 0 aliphatic heterocycles. The number of nitrogens with one attached hydrogen (secondary N) is 1. The van der Waals surface area contributed by atoms with Crippen molar-refractivity contribution in [2.24, 2.45) is 0 Å². The standard InChI is InChI=1S/C18H17N5O4/c1-12-3-4-13(18(25)26-2)9-16(12)20-17(24)10-27-15-7-5-14(6-8-15)23-11-19-21-22-23/h3-9,11H,10H2,1-2H3,(H,20,24). The van der Waals surface area contributed by atoms with E-state index in [-0.39, 0.29) is 12.5 Å². The molecule has 0 saturated heterocycles. The lowest BCUT2D eigenvalue weighted by Gasteiger charge is -2.11. The Balaban J connectivity index is 1.59. The number of aromatic nitrogens is 4. The SMILES string of the molecule is COC(=O)c1ccc(C)c(NC(=O)COc2ccc(-n3cnnn3)cc2)c1. The Morgan fingerprint density at radius 3 is 2.59 bits per heavy atom. The Labute approximate surface area is 154 Å². The highest BCUT2D eigenvalue weighted by atomic mass is 16.5. The summed E-state index contributed by atoms with van der Waals surface area (Å²) in [5.74, 6) is -0.281. The van der Waals surface area contributed by atoms with Gasteiger partial charge in [0.2, 0.25) is 0 Å². The fourth-order valence-electron chi connectivity index (χ4n) is 2.31. The fraction of sp³-hybridized carbons (Fsp3) is 0.167. The number of tetrazole rings is 1. The zero-order valence-corrected chi connectivity index (χ0v) is 14.7. The number of amides is 1. The van der Waals surface area contributed by atoms with Crippen LogP contribution in [0.25, 0.3) is 5.69 Å². The first-order valence-electron chi connectivity index (χ1n) is 8.02. The minimum Gasteiger partial charge on any atom is -0.484 e. The van der Waals surface area contributed by atoms with E-state index in [0.717, 1.165) is 11.3 Å². The van der Waals surface area contributed by atoms with E-state index in [1.807, 2.05) is 6.92 Å². The van der Waals surface area contributed by atoms with Crippen molar-refractivity contribution >= 4 is 17.6 Å². The number of benzene rings is 2. The normalized spacial score (nSPS) is 10.3. The van der Waals surface area contributed by atoms with Gasteiger partial charge < -0.3 is 14.8 Å². The average Bonchev–Trinajstić information content (AvgIpc) is 3.22. The molecule has 3 aromatic rings. The smallest absolute Gasteiger partial charge is 0.337 e. The van der Waals surface area contributed by atoms with E-state index >= 15 is 0 Å². The molecule has 0 bridgehead atoms. The molecule has 138 valence electrons. The van der Waals surface area contributed by atoms with Gasteiger partial charge in [-0.3, -0.25) is 4.79 Å². The molecule has 0 radical (unpaired) electrons. The molecule has 1 amide bonds. The van der Waals surface area contributed by atoms with Crippen molar-refractivity contribution in [2.45, 2.75) is 6.92 Å². The third-order valence-corrected chi connectivity index (χ3v) is 3.75. The number of hydrogen-bond acceptors (Lipinski definition) is 7. The van der Waals surface area contributed by atoms with Crippen molar-refractivity contribution in [3.8, 4) is 11.4 Å². The Morgan fingerprint density at radius 1 is 1.15 bits per heavy atom. The molecule has 3 rings (SSSR count). The van der Waals surface area contributed by atoms with E-state index in [1.165, 1.54) is 18.1 Å². The van der Waals surface area contributed by atoms with Crippen LogP contribution in [0.15, 0.2) is 48.8 Å². The molecule has 0 aliphatic rings. The number of carbonyl (C=O) groups excluding carboxylic acids is 2. The Bertz CT molecular complexity index is 939. The molecule has 1 N–H and O–H groups in total. The van der Waals surface area contributed by atoms with Crippen LogP contribution in [0.1, 0.15) is 15.9 Å². The number of esters is 1. The molecule has 0 spiro atoms. The van der Waals surface area contributed by atoms with Crippen molar-refractivity contribution < 1.29 is 19.1 Å². The minimum absolute atomic E-state index is 0.174. The number of rotatable bonds is 6. The van der Waals surface area contributed by atoms with Crippen LogP contribution in [0, 0.1) is 6.92 Å². The lowest BCUT2D eigenvalue weighted by atomic mass is 10.1. The van der Waals surface area contributed by atoms with Crippen LogP contribution in [0.2, 0.25) is 0 Å². The summed E-state index contributed by atoms with van der Waals surface area (Å²) in [6, 6.07) is 11.9. The van der Waals surface area contributed by atoms with Gasteiger partial charge in [-0.1, -0.05) is 6.07 Å². The van der Waals surface area contributed by atoms with Gasteiger partial charge in [-0.05, 0) is 59.3 Å². The largest absolute Gasteiger partial charge is 0.484 e. The first-order chi connectivity index (χ1) is 13.1. The molecule has 0 saturated carbocycles. The summed E-state index contributed by atoms with van der Waals surface area (Å²) in [7, 11) is 1.30. The second-order valence-electron chi connectivity index (χ2n) is 5.61. The van der Waals surface area contributed by atoms with Crippen LogP contribution in [0.4, 0.5) is 5.69 Å². The molecular formula is C18H17N5O4. The van der Waals surface area contributed by atoms with Gasteiger partial charge in [0, 0.05) is 5.69 Å². The van der Waals surface area contributed by atoms with Crippen LogP contribution >= 0.6 is 0 Å². The maximum Gasteiger partial charge on any atom is 0.337 e. The number of methoxy groups -OCH3 is 1. The lowest BCUT2D eigenvalue weighted by molar-refractivity contribution is -0.118. The zero-order valence-electron chi connectivity index (χ0n) is 14.7. The van der Waals surface area contributed by atoms with Crippen molar-refractivity contribution in [1.82, 2.24) is 20.2 Å². The molecular weight excluding hydrogens is 350 g/mol. The zero-order chi connectivity index (χ0) is 19.2. The quantitative estimate of drug-likeness (QED) is 0.662. The van der Waals surface area contributed by atoms with E-state index in [0.29, 0.717) is 17.0 Å². The topological polar surface area (TPSA) is 108 Å². The van der Waals surface area contributed by atoms with Gasteiger partial charge in [0.1, 0.15) is 12.1 Å². The van der Waals surface area contributed by atoms with Crippen molar-refractivity contribution in [1.29, 1.82) is 0 Å². The number of anilines is 1. The van der Waals surface area contributed by atoms with E-state index in [4.69, 9.17) is 4.74 Å². The summed E-state index contributed by atoms with van der Waals surface area (Å²) >= 11 is 0. The van der Waals surface area contributed by atoms with Gasteiger partial charge in [-0.15, -0.1) is 5.10 Å². The second-order valence-corrected chi connectivity index (χ2v) is 5.61. The molecule has 0 atom stereocenters. The molecule has 1 heterocycles. The number of nitrogens with zero attached hydrogens (tertiary/aromatic N) is 4. The summed E-state index contributed by atoms with van der Waals surface area (Å²) in [5, 5.41) is 13.7. The van der Waals surface area contributed by atoms with E-state index in [2.05, 4.69) is 25.6 Å². The molecule has 2 aromatic carbocycles. The highest BCUT2D eigenvalue weighted by Crippen LogP contribution is 2.18. The Hall–Kier alpha value is -3.75. The minimum atomic E-state index is -0.468. The van der Waals surface area contributed by atoms with E-state index in [9.17, 15) is 9.59 Å². The summed E-state index contributed by atoms with van der Waals surface area (Å²) in [5.41, 5.74) is 2.48.